The Morgan fingerprint density at radius 3 is 2.24 bits per heavy atom. The maximum Gasteiger partial charge on any atom is 0.408 e. The van der Waals surface area contributed by atoms with Gasteiger partial charge in [-0.2, -0.15) is 0 Å². The number of likely N-dealkylation sites (N-methyl/N-ethyl adjacent to an activating group) is 1. The van der Waals surface area contributed by atoms with Crippen LogP contribution >= 0.6 is 0 Å². The third-order valence-corrected chi connectivity index (χ3v) is 4.07. The van der Waals surface area contributed by atoms with Gasteiger partial charge in [0, 0.05) is 26.2 Å². The highest BCUT2D eigenvalue weighted by Crippen LogP contribution is 2.34. The molecule has 3 N–H and O–H groups in total. The second kappa shape index (κ2) is 8.74. The molecular weight excluding hydrogens is 318 g/mol. The van der Waals surface area contributed by atoms with Crippen LogP contribution in [0.3, 0.4) is 0 Å². The number of ether oxygens (including phenoxy) is 1. The first-order valence-electron chi connectivity index (χ1n) is 9.05. The fraction of sp³-hybridized carbons (Fsp3) is 0.889. The van der Waals surface area contributed by atoms with Crippen molar-refractivity contribution in [1.82, 2.24) is 20.9 Å². The first-order chi connectivity index (χ1) is 11.4. The SMILES string of the molecule is CN=C(NCC(C1CC1)N(C)C)NCC(C)(C)NC(=O)OC(C)(C)C. The molecule has 1 aliphatic carbocycles. The molecule has 1 rings (SSSR count). The fourth-order valence-electron chi connectivity index (χ4n) is 2.60. The lowest BCUT2D eigenvalue weighted by molar-refractivity contribution is 0.0474. The summed E-state index contributed by atoms with van der Waals surface area (Å²) in [6, 6.07) is 0.520. The van der Waals surface area contributed by atoms with Gasteiger partial charge < -0.3 is 25.6 Å². The van der Waals surface area contributed by atoms with Crippen molar-refractivity contribution < 1.29 is 9.53 Å². The van der Waals surface area contributed by atoms with Gasteiger partial charge in [-0.05, 0) is 67.5 Å². The van der Waals surface area contributed by atoms with Gasteiger partial charge in [-0.3, -0.25) is 4.99 Å². The minimum atomic E-state index is -0.505. The van der Waals surface area contributed by atoms with Crippen molar-refractivity contribution in [2.45, 2.75) is 64.6 Å². The molecule has 1 atom stereocenters. The van der Waals surface area contributed by atoms with Gasteiger partial charge in [0.2, 0.25) is 0 Å². The molecule has 0 saturated heterocycles. The van der Waals surface area contributed by atoms with Crippen LogP contribution in [-0.4, -0.2) is 68.4 Å². The van der Waals surface area contributed by atoms with Crippen molar-refractivity contribution >= 4 is 12.1 Å². The Morgan fingerprint density at radius 2 is 1.80 bits per heavy atom. The smallest absolute Gasteiger partial charge is 0.408 e. The Kier molecular flexibility index (Phi) is 7.53. The second-order valence-corrected chi connectivity index (χ2v) is 8.69. The predicted octanol–water partition coefficient (Wildman–Crippen LogP) is 1.79. The van der Waals surface area contributed by atoms with Crippen molar-refractivity contribution in [3.8, 4) is 0 Å². The normalized spacial score (nSPS) is 17.2. The van der Waals surface area contributed by atoms with Crippen LogP contribution in [0, 0.1) is 5.92 Å². The van der Waals surface area contributed by atoms with Crippen molar-refractivity contribution in [1.29, 1.82) is 0 Å². The highest BCUT2D eigenvalue weighted by molar-refractivity contribution is 5.79. The first-order valence-corrected chi connectivity index (χ1v) is 9.05. The molecule has 1 fully saturated rings. The van der Waals surface area contributed by atoms with E-state index in [9.17, 15) is 4.79 Å². The molecule has 7 nitrogen and oxygen atoms in total. The van der Waals surface area contributed by atoms with Crippen LogP contribution in [0.2, 0.25) is 0 Å². The summed E-state index contributed by atoms with van der Waals surface area (Å²) in [7, 11) is 5.99. The fourth-order valence-corrected chi connectivity index (χ4v) is 2.60. The van der Waals surface area contributed by atoms with Gasteiger partial charge in [-0.1, -0.05) is 0 Å². The summed E-state index contributed by atoms with van der Waals surface area (Å²) < 4.78 is 5.32. The zero-order valence-corrected chi connectivity index (χ0v) is 17.2. The molecule has 7 heteroatoms. The average molecular weight is 356 g/mol. The van der Waals surface area contributed by atoms with Gasteiger partial charge >= 0.3 is 6.09 Å². The number of carbonyl (C=O) groups is 1. The summed E-state index contributed by atoms with van der Waals surface area (Å²) >= 11 is 0. The summed E-state index contributed by atoms with van der Waals surface area (Å²) in [6.07, 6.45) is 2.20. The van der Waals surface area contributed by atoms with Crippen LogP contribution in [0.25, 0.3) is 0 Å². The zero-order chi connectivity index (χ0) is 19.3. The summed E-state index contributed by atoms with van der Waals surface area (Å²) in [5.41, 5.74) is -0.966. The molecule has 0 spiro atoms. The van der Waals surface area contributed by atoms with Gasteiger partial charge in [-0.15, -0.1) is 0 Å². The standard InChI is InChI=1S/C18H37N5O2/c1-17(2,3)25-16(24)22-18(4,5)12-21-15(19-6)20-11-14(23(7)8)13-9-10-13/h13-14H,9-12H2,1-8H3,(H,22,24)(H2,19,20,21). The summed E-state index contributed by atoms with van der Waals surface area (Å²) in [4.78, 5) is 18.5. The zero-order valence-electron chi connectivity index (χ0n) is 17.2. The van der Waals surface area contributed by atoms with E-state index in [1.54, 1.807) is 7.05 Å². The van der Waals surface area contributed by atoms with E-state index in [2.05, 4.69) is 39.9 Å². The lowest BCUT2D eigenvalue weighted by Crippen LogP contribution is -2.55. The van der Waals surface area contributed by atoms with Gasteiger partial charge in [0.1, 0.15) is 5.60 Å². The van der Waals surface area contributed by atoms with Gasteiger partial charge in [-0.25, -0.2) is 4.79 Å². The second-order valence-electron chi connectivity index (χ2n) is 8.69. The molecule has 1 unspecified atom stereocenters. The van der Waals surface area contributed by atoms with Crippen LogP contribution in [0.4, 0.5) is 4.79 Å². The Balaban J connectivity index is 2.43. The number of hydrogen-bond donors (Lipinski definition) is 3. The maximum atomic E-state index is 11.9. The number of carbonyl (C=O) groups excluding carboxylic acids is 1. The Bertz CT molecular complexity index is 463. The van der Waals surface area contributed by atoms with Crippen molar-refractivity contribution in [3.63, 3.8) is 0 Å². The molecule has 146 valence electrons. The highest BCUT2D eigenvalue weighted by atomic mass is 16.6. The Morgan fingerprint density at radius 1 is 1.20 bits per heavy atom. The van der Waals surface area contributed by atoms with Crippen molar-refractivity contribution in [2.24, 2.45) is 10.9 Å². The topological polar surface area (TPSA) is 78.0 Å². The van der Waals surface area contributed by atoms with Crippen LogP contribution < -0.4 is 16.0 Å². The molecule has 0 aliphatic heterocycles. The van der Waals surface area contributed by atoms with Crippen molar-refractivity contribution in [3.05, 3.63) is 0 Å². The quantitative estimate of drug-likeness (QED) is 0.479. The number of guanidine groups is 1. The molecule has 1 saturated carbocycles. The molecule has 0 aromatic rings. The Hall–Kier alpha value is -1.50. The third-order valence-electron chi connectivity index (χ3n) is 4.07. The third kappa shape index (κ3) is 8.95. The number of rotatable bonds is 7. The van der Waals surface area contributed by atoms with Crippen LogP contribution in [0.15, 0.2) is 4.99 Å². The summed E-state index contributed by atoms with van der Waals surface area (Å²) in [6.45, 7) is 10.9. The van der Waals surface area contributed by atoms with E-state index >= 15 is 0 Å². The van der Waals surface area contributed by atoms with E-state index < -0.39 is 17.2 Å². The summed E-state index contributed by atoms with van der Waals surface area (Å²) in [5, 5.41) is 9.56. The van der Waals surface area contributed by atoms with E-state index in [4.69, 9.17) is 4.74 Å². The average Bonchev–Trinajstić information content (AvgIpc) is 3.23. The molecule has 0 aromatic heterocycles. The minimum absolute atomic E-state index is 0.413. The molecule has 1 aliphatic rings. The maximum absolute atomic E-state index is 11.9. The number of amides is 1. The van der Waals surface area contributed by atoms with E-state index in [-0.39, 0.29) is 0 Å². The number of alkyl carbamates (subject to hydrolysis) is 1. The molecule has 0 bridgehead atoms. The lowest BCUT2D eigenvalue weighted by atomic mass is 10.1. The van der Waals surface area contributed by atoms with E-state index in [0.29, 0.717) is 12.6 Å². The molecule has 1 amide bonds. The van der Waals surface area contributed by atoms with Crippen LogP contribution in [-0.2, 0) is 4.74 Å². The summed E-state index contributed by atoms with van der Waals surface area (Å²) in [5.74, 6) is 1.53. The molecule has 25 heavy (non-hydrogen) atoms. The largest absolute Gasteiger partial charge is 0.444 e. The van der Waals surface area contributed by atoms with E-state index in [0.717, 1.165) is 18.4 Å². The lowest BCUT2D eigenvalue weighted by Gasteiger charge is -2.30. The molecule has 0 aromatic carbocycles. The van der Waals surface area contributed by atoms with Gasteiger partial charge in [0.25, 0.3) is 0 Å². The molecule has 0 heterocycles. The molecular formula is C18H37N5O2. The molecule has 0 radical (unpaired) electrons. The highest BCUT2D eigenvalue weighted by Gasteiger charge is 2.32. The first kappa shape index (κ1) is 21.5. The van der Waals surface area contributed by atoms with Crippen LogP contribution in [0.5, 0.6) is 0 Å². The van der Waals surface area contributed by atoms with Gasteiger partial charge in [0.05, 0.1) is 5.54 Å². The Labute approximate surface area is 153 Å². The monoisotopic (exact) mass is 355 g/mol. The number of hydrogen-bond acceptors (Lipinski definition) is 4. The number of nitrogens with zero attached hydrogens (tertiary/aromatic N) is 2. The van der Waals surface area contributed by atoms with E-state index in [1.807, 2.05) is 34.6 Å². The van der Waals surface area contributed by atoms with Crippen molar-refractivity contribution in [2.75, 3.05) is 34.2 Å². The minimum Gasteiger partial charge on any atom is -0.444 e. The predicted molar refractivity (Wildman–Crippen MR) is 103 cm³/mol. The number of nitrogens with one attached hydrogen (secondary N) is 3. The van der Waals surface area contributed by atoms with Crippen LogP contribution in [0.1, 0.15) is 47.5 Å². The number of aliphatic imine (C=N–C) groups is 1. The van der Waals surface area contributed by atoms with E-state index in [1.165, 1.54) is 12.8 Å². The van der Waals surface area contributed by atoms with Gasteiger partial charge in [0.15, 0.2) is 5.96 Å².